The van der Waals surface area contributed by atoms with Gasteiger partial charge in [0.2, 0.25) is 0 Å². The third kappa shape index (κ3) is 4.39. The van der Waals surface area contributed by atoms with Gasteiger partial charge in [-0.2, -0.15) is 10.4 Å². The summed E-state index contributed by atoms with van der Waals surface area (Å²) in [5.41, 5.74) is 2.82. The Hall–Kier alpha value is -3.04. The number of aromatic nitrogens is 3. The average Bonchev–Trinajstić information content (AvgIpc) is 3.11. The van der Waals surface area contributed by atoms with E-state index < -0.39 is 6.17 Å². The highest BCUT2D eigenvalue weighted by atomic mass is 19.1. The van der Waals surface area contributed by atoms with E-state index in [1.54, 1.807) is 28.9 Å². The van der Waals surface area contributed by atoms with Crippen LogP contribution >= 0.6 is 0 Å². The molecule has 0 amide bonds. The Balaban J connectivity index is 2.05. The molecule has 1 atom stereocenters. The van der Waals surface area contributed by atoms with Gasteiger partial charge >= 0.3 is 0 Å². The molecule has 5 nitrogen and oxygen atoms in total. The molecule has 0 spiro atoms. The predicted octanol–water partition coefficient (Wildman–Crippen LogP) is 3.94. The molecule has 0 saturated heterocycles. The lowest BCUT2D eigenvalue weighted by molar-refractivity contribution is 0.374. The van der Waals surface area contributed by atoms with Crippen LogP contribution in [0.25, 0.3) is 17.1 Å². The molecule has 1 unspecified atom stereocenters. The Bertz CT molecular complexity index is 951. The number of halogens is 1. The molecule has 0 aliphatic carbocycles. The summed E-state index contributed by atoms with van der Waals surface area (Å²) in [6, 6.07) is 16.7. The normalized spacial score (nSPS) is 12.1. The number of alkyl halides is 1. The van der Waals surface area contributed by atoms with Gasteiger partial charge in [0.1, 0.15) is 6.17 Å². The van der Waals surface area contributed by atoms with E-state index in [-0.39, 0.29) is 0 Å². The van der Waals surface area contributed by atoms with Crippen molar-refractivity contribution >= 4 is 0 Å². The number of likely N-dealkylation sites (N-methyl/N-ethyl adjacent to an activating group) is 1. The van der Waals surface area contributed by atoms with Crippen LogP contribution in [-0.2, 0) is 6.42 Å². The van der Waals surface area contributed by atoms with Crippen molar-refractivity contribution in [3.8, 4) is 23.1 Å². The molecule has 1 aromatic heterocycles. The van der Waals surface area contributed by atoms with Gasteiger partial charge in [0, 0.05) is 18.5 Å². The highest BCUT2D eigenvalue weighted by Gasteiger charge is 2.15. The number of hydrogen-bond acceptors (Lipinski definition) is 4. The minimum absolute atomic E-state index is 0.561. The van der Waals surface area contributed by atoms with Crippen LogP contribution in [0.3, 0.4) is 0 Å². The Morgan fingerprint density at radius 1 is 1.19 bits per heavy atom. The van der Waals surface area contributed by atoms with E-state index >= 15 is 0 Å². The molecule has 6 heteroatoms. The lowest BCUT2D eigenvalue weighted by atomic mass is 10.1. The quantitative estimate of drug-likeness (QED) is 0.666. The SMILES string of the molecule is CC(F)c1ccc(-c2nc(CCN(C)C)nn2-c2cccc(C#N)c2)cc1. The summed E-state index contributed by atoms with van der Waals surface area (Å²) in [5, 5.41) is 13.8. The Labute approximate surface area is 158 Å². The van der Waals surface area contributed by atoms with Crippen molar-refractivity contribution in [1.82, 2.24) is 19.7 Å². The van der Waals surface area contributed by atoms with Crippen molar-refractivity contribution in [2.45, 2.75) is 19.5 Å². The van der Waals surface area contributed by atoms with Crippen LogP contribution in [0.15, 0.2) is 48.5 Å². The first-order chi connectivity index (χ1) is 13.0. The predicted molar refractivity (Wildman–Crippen MR) is 103 cm³/mol. The van der Waals surface area contributed by atoms with Crippen LogP contribution in [0.2, 0.25) is 0 Å². The zero-order valence-electron chi connectivity index (χ0n) is 15.7. The smallest absolute Gasteiger partial charge is 0.163 e. The molecule has 0 N–H and O–H groups in total. The van der Waals surface area contributed by atoms with E-state index in [1.165, 1.54) is 6.92 Å². The van der Waals surface area contributed by atoms with Crippen molar-refractivity contribution in [2.24, 2.45) is 0 Å². The molecule has 3 aromatic rings. The molecule has 2 aromatic carbocycles. The second kappa shape index (κ2) is 8.11. The van der Waals surface area contributed by atoms with Crippen LogP contribution < -0.4 is 0 Å². The fourth-order valence-electron chi connectivity index (χ4n) is 2.76. The van der Waals surface area contributed by atoms with Crippen LogP contribution in [0.5, 0.6) is 0 Å². The topological polar surface area (TPSA) is 57.7 Å². The first-order valence-corrected chi connectivity index (χ1v) is 8.83. The molecule has 0 fully saturated rings. The summed E-state index contributed by atoms with van der Waals surface area (Å²) >= 11 is 0. The number of rotatable bonds is 6. The largest absolute Gasteiger partial charge is 0.309 e. The second-order valence-corrected chi connectivity index (χ2v) is 6.72. The maximum atomic E-state index is 13.5. The van der Waals surface area contributed by atoms with Gasteiger partial charge in [0.25, 0.3) is 0 Å². The molecule has 0 aliphatic heterocycles. The molecule has 138 valence electrons. The van der Waals surface area contributed by atoms with E-state index in [2.05, 4.69) is 16.1 Å². The van der Waals surface area contributed by atoms with Gasteiger partial charge in [-0.25, -0.2) is 14.1 Å². The maximum Gasteiger partial charge on any atom is 0.163 e. The minimum atomic E-state index is -1.01. The monoisotopic (exact) mass is 363 g/mol. The van der Waals surface area contributed by atoms with Gasteiger partial charge in [-0.1, -0.05) is 30.3 Å². The van der Waals surface area contributed by atoms with Gasteiger partial charge < -0.3 is 4.90 Å². The standard InChI is InChI=1S/C21H22FN5/c1-15(22)17-7-9-18(10-8-17)21-24-20(11-12-26(2)3)25-27(21)19-6-4-5-16(13-19)14-23/h4-10,13,15H,11-12H2,1-3H3. The summed E-state index contributed by atoms with van der Waals surface area (Å²) in [7, 11) is 4.01. The van der Waals surface area contributed by atoms with Crippen molar-refractivity contribution in [3.05, 3.63) is 65.5 Å². The summed E-state index contributed by atoms with van der Waals surface area (Å²) in [6.07, 6.45) is -0.301. The molecule has 27 heavy (non-hydrogen) atoms. The van der Waals surface area contributed by atoms with E-state index in [0.717, 1.165) is 23.6 Å². The average molecular weight is 363 g/mol. The molecular weight excluding hydrogens is 341 g/mol. The maximum absolute atomic E-state index is 13.5. The minimum Gasteiger partial charge on any atom is -0.309 e. The van der Waals surface area contributed by atoms with Crippen molar-refractivity contribution in [1.29, 1.82) is 5.26 Å². The van der Waals surface area contributed by atoms with Crippen LogP contribution in [0.1, 0.15) is 30.0 Å². The fourth-order valence-corrected chi connectivity index (χ4v) is 2.76. The number of hydrogen-bond donors (Lipinski definition) is 0. The van der Waals surface area contributed by atoms with Gasteiger partial charge in [-0.3, -0.25) is 0 Å². The Kier molecular flexibility index (Phi) is 5.63. The van der Waals surface area contributed by atoms with Crippen LogP contribution in [0.4, 0.5) is 4.39 Å². The number of benzene rings is 2. The van der Waals surface area contributed by atoms with Crippen LogP contribution in [0, 0.1) is 11.3 Å². The van der Waals surface area contributed by atoms with Crippen LogP contribution in [-0.4, -0.2) is 40.3 Å². The molecule has 0 saturated carbocycles. The molecular formula is C21H22FN5. The number of nitrogens with zero attached hydrogens (tertiary/aromatic N) is 5. The Morgan fingerprint density at radius 2 is 1.93 bits per heavy atom. The highest BCUT2D eigenvalue weighted by Crippen LogP contribution is 2.25. The molecule has 0 aliphatic rings. The summed E-state index contributed by atoms with van der Waals surface area (Å²) < 4.78 is 15.3. The third-order valence-electron chi connectivity index (χ3n) is 4.28. The highest BCUT2D eigenvalue weighted by molar-refractivity contribution is 5.59. The third-order valence-corrected chi connectivity index (χ3v) is 4.28. The first-order valence-electron chi connectivity index (χ1n) is 8.83. The fraction of sp³-hybridized carbons (Fsp3) is 0.286. The van der Waals surface area contributed by atoms with Gasteiger partial charge in [-0.05, 0) is 44.8 Å². The van der Waals surface area contributed by atoms with E-state index in [0.29, 0.717) is 23.4 Å². The lowest BCUT2D eigenvalue weighted by Gasteiger charge is -2.08. The number of nitriles is 1. The van der Waals surface area contributed by atoms with Gasteiger partial charge in [0.05, 0.1) is 17.3 Å². The second-order valence-electron chi connectivity index (χ2n) is 6.72. The van der Waals surface area contributed by atoms with E-state index in [1.807, 2.05) is 38.4 Å². The Morgan fingerprint density at radius 3 is 2.56 bits per heavy atom. The molecule has 0 radical (unpaired) electrons. The zero-order valence-corrected chi connectivity index (χ0v) is 15.7. The van der Waals surface area contributed by atoms with Crippen molar-refractivity contribution in [3.63, 3.8) is 0 Å². The van der Waals surface area contributed by atoms with Crippen molar-refractivity contribution < 1.29 is 4.39 Å². The molecule has 3 rings (SSSR count). The lowest BCUT2D eigenvalue weighted by Crippen LogP contribution is -2.15. The zero-order chi connectivity index (χ0) is 19.4. The summed E-state index contributed by atoms with van der Waals surface area (Å²) in [4.78, 5) is 6.78. The molecule has 1 heterocycles. The van der Waals surface area contributed by atoms with E-state index in [4.69, 9.17) is 4.98 Å². The van der Waals surface area contributed by atoms with Gasteiger partial charge in [0.15, 0.2) is 11.6 Å². The summed E-state index contributed by atoms with van der Waals surface area (Å²) in [6.45, 7) is 2.35. The van der Waals surface area contributed by atoms with E-state index in [9.17, 15) is 9.65 Å². The molecule has 0 bridgehead atoms. The first kappa shape index (κ1) is 18.7. The summed E-state index contributed by atoms with van der Waals surface area (Å²) in [5.74, 6) is 1.40. The van der Waals surface area contributed by atoms with Crippen molar-refractivity contribution in [2.75, 3.05) is 20.6 Å². The van der Waals surface area contributed by atoms with Gasteiger partial charge in [-0.15, -0.1) is 0 Å².